The van der Waals surface area contributed by atoms with Gasteiger partial charge in [0.2, 0.25) is 5.91 Å². The molecule has 2 aromatic rings. The molecule has 0 atom stereocenters. The van der Waals surface area contributed by atoms with Crippen LogP contribution in [-0.4, -0.2) is 31.8 Å². The van der Waals surface area contributed by atoms with E-state index in [-0.39, 0.29) is 22.2 Å². The summed E-state index contributed by atoms with van der Waals surface area (Å²) in [5, 5.41) is 3.00. The maximum Gasteiger partial charge on any atom is 0.339 e. The zero-order chi connectivity index (χ0) is 17.5. The summed E-state index contributed by atoms with van der Waals surface area (Å²) in [5.74, 6) is 0.265. The Labute approximate surface area is 149 Å². The quantitative estimate of drug-likeness (QED) is 0.622. The van der Waals surface area contributed by atoms with Crippen LogP contribution in [0.25, 0.3) is 0 Å². The molecule has 0 saturated carbocycles. The second-order valence-electron chi connectivity index (χ2n) is 4.70. The van der Waals surface area contributed by atoms with Gasteiger partial charge in [0.05, 0.1) is 30.6 Å². The molecular weight excluding hydrogens is 350 g/mol. The molecule has 0 bridgehead atoms. The topological polar surface area (TPSA) is 64.6 Å². The first-order valence-corrected chi connectivity index (χ1v) is 8.34. The first kappa shape index (κ1) is 18.2. The molecule has 2 aromatic carbocycles. The van der Waals surface area contributed by atoms with Crippen LogP contribution in [-0.2, 0) is 9.53 Å². The highest BCUT2D eigenvalue weighted by Gasteiger charge is 2.12. The van der Waals surface area contributed by atoms with Crippen LogP contribution in [0, 0.1) is 0 Å². The average molecular weight is 366 g/mol. The molecule has 0 saturated heterocycles. The number of esters is 1. The first-order valence-electron chi connectivity index (χ1n) is 6.98. The van der Waals surface area contributed by atoms with E-state index in [2.05, 4.69) is 10.1 Å². The van der Waals surface area contributed by atoms with Crippen molar-refractivity contribution >= 4 is 40.9 Å². The molecule has 0 aliphatic heterocycles. The van der Waals surface area contributed by atoms with Gasteiger partial charge < -0.3 is 14.8 Å². The highest BCUT2D eigenvalue weighted by atomic mass is 35.5. The van der Waals surface area contributed by atoms with Crippen molar-refractivity contribution in [2.24, 2.45) is 0 Å². The number of anilines is 1. The molecule has 126 valence electrons. The third kappa shape index (κ3) is 4.91. The van der Waals surface area contributed by atoms with Gasteiger partial charge in [0.25, 0.3) is 0 Å². The highest BCUT2D eigenvalue weighted by molar-refractivity contribution is 8.00. The molecule has 7 heteroatoms. The summed E-state index contributed by atoms with van der Waals surface area (Å²) in [5.41, 5.74) is 0.694. The number of ether oxygens (including phenoxy) is 2. The van der Waals surface area contributed by atoms with Gasteiger partial charge in [0.1, 0.15) is 5.75 Å². The number of amides is 1. The number of hydrogen-bond acceptors (Lipinski definition) is 5. The maximum atomic E-state index is 12.0. The van der Waals surface area contributed by atoms with Gasteiger partial charge in [0, 0.05) is 10.6 Å². The molecule has 1 amide bonds. The monoisotopic (exact) mass is 365 g/mol. The minimum absolute atomic E-state index is 0.186. The van der Waals surface area contributed by atoms with Crippen molar-refractivity contribution in [3.8, 4) is 5.75 Å². The zero-order valence-corrected chi connectivity index (χ0v) is 14.7. The van der Waals surface area contributed by atoms with Gasteiger partial charge >= 0.3 is 5.97 Å². The molecule has 0 aliphatic carbocycles. The number of nitrogens with one attached hydrogen (secondary N) is 1. The summed E-state index contributed by atoms with van der Waals surface area (Å²) in [4.78, 5) is 24.6. The molecule has 24 heavy (non-hydrogen) atoms. The van der Waals surface area contributed by atoms with Crippen LogP contribution in [0.5, 0.6) is 5.75 Å². The third-order valence-electron chi connectivity index (χ3n) is 3.08. The Bertz CT molecular complexity index is 734. The van der Waals surface area contributed by atoms with Crippen molar-refractivity contribution in [2.45, 2.75) is 4.90 Å². The summed E-state index contributed by atoms with van der Waals surface area (Å²) in [6.45, 7) is 0. The van der Waals surface area contributed by atoms with E-state index in [9.17, 15) is 9.59 Å². The molecule has 5 nitrogen and oxygen atoms in total. The second kappa shape index (κ2) is 8.61. The normalized spacial score (nSPS) is 10.1. The van der Waals surface area contributed by atoms with Crippen molar-refractivity contribution in [3.05, 3.63) is 53.1 Å². The summed E-state index contributed by atoms with van der Waals surface area (Å²) >= 11 is 7.34. The number of carbonyl (C=O) groups excluding carboxylic acids is 2. The number of halogens is 1. The van der Waals surface area contributed by atoms with Crippen LogP contribution in [0.4, 0.5) is 5.69 Å². The Kier molecular flexibility index (Phi) is 6.52. The molecule has 0 aromatic heterocycles. The lowest BCUT2D eigenvalue weighted by molar-refractivity contribution is -0.113. The van der Waals surface area contributed by atoms with E-state index in [1.807, 2.05) is 24.3 Å². The molecule has 0 fully saturated rings. The van der Waals surface area contributed by atoms with Crippen molar-refractivity contribution in [2.75, 3.05) is 25.3 Å². The minimum Gasteiger partial charge on any atom is -0.497 e. The number of hydrogen-bond donors (Lipinski definition) is 1. The predicted octanol–water partition coefficient (Wildman–Crippen LogP) is 3.87. The Balaban J connectivity index is 1.95. The molecular formula is C17H16ClNO4S. The zero-order valence-electron chi connectivity index (χ0n) is 13.2. The van der Waals surface area contributed by atoms with Crippen LogP contribution < -0.4 is 10.1 Å². The van der Waals surface area contributed by atoms with Gasteiger partial charge in [-0.3, -0.25) is 4.79 Å². The Hall–Kier alpha value is -2.18. The van der Waals surface area contributed by atoms with Gasteiger partial charge in [-0.15, -0.1) is 11.8 Å². The standard InChI is InChI=1S/C17H16ClNO4S/c1-22-12-4-6-13(7-5-12)24-10-16(20)19-11-3-8-15(18)14(9-11)17(21)23-2/h3-9H,10H2,1-2H3,(H,19,20). The van der Waals surface area contributed by atoms with Gasteiger partial charge in [-0.1, -0.05) is 11.6 Å². The lowest BCUT2D eigenvalue weighted by Crippen LogP contribution is -2.14. The minimum atomic E-state index is -0.552. The molecule has 0 unspecified atom stereocenters. The fourth-order valence-corrected chi connectivity index (χ4v) is 2.78. The summed E-state index contributed by atoms with van der Waals surface area (Å²) < 4.78 is 9.74. The van der Waals surface area contributed by atoms with Gasteiger partial charge in [-0.2, -0.15) is 0 Å². The molecule has 0 radical (unpaired) electrons. The fourth-order valence-electron chi connectivity index (χ4n) is 1.89. The van der Waals surface area contributed by atoms with Crippen molar-refractivity contribution in [1.29, 1.82) is 0 Å². The molecule has 0 spiro atoms. The van der Waals surface area contributed by atoms with E-state index >= 15 is 0 Å². The largest absolute Gasteiger partial charge is 0.497 e. The summed E-state index contributed by atoms with van der Waals surface area (Å²) in [7, 11) is 2.87. The maximum absolute atomic E-state index is 12.0. The lowest BCUT2D eigenvalue weighted by Gasteiger charge is -2.08. The third-order valence-corrected chi connectivity index (χ3v) is 4.43. The van der Waals surface area contributed by atoms with Gasteiger partial charge in [-0.25, -0.2) is 4.79 Å². The van der Waals surface area contributed by atoms with Crippen LogP contribution in [0.1, 0.15) is 10.4 Å². The number of thioether (sulfide) groups is 1. The van der Waals surface area contributed by atoms with Crippen molar-refractivity contribution in [1.82, 2.24) is 0 Å². The van der Waals surface area contributed by atoms with Crippen LogP contribution >= 0.6 is 23.4 Å². The van der Waals surface area contributed by atoms with Crippen LogP contribution in [0.15, 0.2) is 47.4 Å². The molecule has 0 heterocycles. The summed E-state index contributed by atoms with van der Waals surface area (Å²) in [6, 6.07) is 12.1. The van der Waals surface area contributed by atoms with E-state index in [0.29, 0.717) is 5.69 Å². The fraction of sp³-hybridized carbons (Fsp3) is 0.176. The second-order valence-corrected chi connectivity index (χ2v) is 6.15. The smallest absolute Gasteiger partial charge is 0.339 e. The number of carbonyl (C=O) groups is 2. The molecule has 0 aliphatic rings. The molecule has 1 N–H and O–H groups in total. The summed E-state index contributed by atoms with van der Waals surface area (Å²) in [6.07, 6.45) is 0. The van der Waals surface area contributed by atoms with Gasteiger partial charge in [0.15, 0.2) is 0 Å². The van der Waals surface area contributed by atoms with E-state index < -0.39 is 5.97 Å². The van der Waals surface area contributed by atoms with Crippen LogP contribution in [0.3, 0.4) is 0 Å². The average Bonchev–Trinajstić information content (AvgIpc) is 2.61. The Morgan fingerprint density at radius 3 is 2.46 bits per heavy atom. The van der Waals surface area contributed by atoms with E-state index in [1.165, 1.54) is 24.9 Å². The SMILES string of the molecule is COC(=O)c1cc(NC(=O)CSc2ccc(OC)cc2)ccc1Cl. The van der Waals surface area contributed by atoms with Crippen molar-refractivity contribution in [3.63, 3.8) is 0 Å². The Morgan fingerprint density at radius 2 is 1.83 bits per heavy atom. The van der Waals surface area contributed by atoms with Gasteiger partial charge in [-0.05, 0) is 42.5 Å². The highest BCUT2D eigenvalue weighted by Crippen LogP contribution is 2.23. The molecule has 2 rings (SSSR count). The Morgan fingerprint density at radius 1 is 1.12 bits per heavy atom. The predicted molar refractivity (Wildman–Crippen MR) is 95.1 cm³/mol. The van der Waals surface area contributed by atoms with E-state index in [1.54, 1.807) is 19.2 Å². The van der Waals surface area contributed by atoms with Crippen LogP contribution in [0.2, 0.25) is 5.02 Å². The lowest BCUT2D eigenvalue weighted by atomic mass is 10.2. The first-order chi connectivity index (χ1) is 11.5. The number of benzene rings is 2. The van der Waals surface area contributed by atoms with E-state index in [4.69, 9.17) is 16.3 Å². The van der Waals surface area contributed by atoms with E-state index in [0.717, 1.165) is 10.6 Å². The number of methoxy groups -OCH3 is 2. The van der Waals surface area contributed by atoms with Crippen molar-refractivity contribution < 1.29 is 19.1 Å². The number of rotatable bonds is 6.